The number of H-pyrrole nitrogens is 1. The fourth-order valence-corrected chi connectivity index (χ4v) is 3.19. The van der Waals surface area contributed by atoms with E-state index in [9.17, 15) is 9.90 Å². The summed E-state index contributed by atoms with van der Waals surface area (Å²) in [5, 5.41) is 13.7. The number of carbonyl (C=O) groups excluding carboxylic acids is 1. The summed E-state index contributed by atoms with van der Waals surface area (Å²) in [4.78, 5) is 15.9. The van der Waals surface area contributed by atoms with Gasteiger partial charge in [-0.15, -0.1) is 0 Å². The summed E-state index contributed by atoms with van der Waals surface area (Å²) >= 11 is 0. The second-order valence-electron chi connectivity index (χ2n) is 6.35. The van der Waals surface area contributed by atoms with Crippen LogP contribution in [0.15, 0.2) is 48.5 Å². The molecule has 3 N–H and O–H groups in total. The number of carbonyl (C=O) groups is 1. The van der Waals surface area contributed by atoms with Gasteiger partial charge in [0.1, 0.15) is 0 Å². The second-order valence-corrected chi connectivity index (χ2v) is 6.35. The van der Waals surface area contributed by atoms with Gasteiger partial charge < -0.3 is 15.4 Å². The van der Waals surface area contributed by atoms with E-state index in [1.54, 1.807) is 0 Å². The third kappa shape index (κ3) is 3.74. The van der Waals surface area contributed by atoms with Crippen LogP contribution in [0, 0.1) is 6.92 Å². The highest BCUT2D eigenvalue weighted by Gasteiger charge is 2.17. The van der Waals surface area contributed by atoms with E-state index in [0.29, 0.717) is 6.42 Å². The van der Waals surface area contributed by atoms with Crippen molar-refractivity contribution >= 4 is 16.8 Å². The van der Waals surface area contributed by atoms with Gasteiger partial charge in [0.15, 0.2) is 0 Å². The molecule has 0 bridgehead atoms. The highest BCUT2D eigenvalue weighted by atomic mass is 16.3. The Hall–Kier alpha value is -2.59. The SMILES string of the molecule is CCc1ccc(C(CO)NC(=O)Cc2c(C)[nH]c3ccccc23)cc1. The molecule has 0 aliphatic heterocycles. The molecule has 25 heavy (non-hydrogen) atoms. The zero-order chi connectivity index (χ0) is 17.8. The normalized spacial score (nSPS) is 12.3. The summed E-state index contributed by atoms with van der Waals surface area (Å²) in [6.07, 6.45) is 1.26. The van der Waals surface area contributed by atoms with Gasteiger partial charge in [-0.1, -0.05) is 49.4 Å². The molecule has 1 heterocycles. The first kappa shape index (κ1) is 17.2. The Kier molecular flexibility index (Phi) is 5.19. The van der Waals surface area contributed by atoms with Crippen molar-refractivity contribution in [1.82, 2.24) is 10.3 Å². The van der Waals surface area contributed by atoms with Crippen molar-refractivity contribution in [1.29, 1.82) is 0 Å². The molecule has 0 saturated carbocycles. The quantitative estimate of drug-likeness (QED) is 0.646. The first-order valence-corrected chi connectivity index (χ1v) is 8.67. The van der Waals surface area contributed by atoms with E-state index < -0.39 is 0 Å². The number of hydrogen-bond acceptors (Lipinski definition) is 2. The van der Waals surface area contributed by atoms with E-state index in [-0.39, 0.29) is 18.6 Å². The third-order valence-electron chi connectivity index (χ3n) is 4.67. The number of aryl methyl sites for hydroxylation is 2. The van der Waals surface area contributed by atoms with Crippen LogP contribution in [0.2, 0.25) is 0 Å². The summed E-state index contributed by atoms with van der Waals surface area (Å²) in [5.41, 5.74) is 5.21. The molecule has 1 amide bonds. The summed E-state index contributed by atoms with van der Waals surface area (Å²) in [7, 11) is 0. The third-order valence-corrected chi connectivity index (χ3v) is 4.67. The first-order chi connectivity index (χ1) is 12.1. The summed E-state index contributed by atoms with van der Waals surface area (Å²) in [5.74, 6) is -0.0912. The number of fused-ring (bicyclic) bond motifs is 1. The zero-order valence-corrected chi connectivity index (χ0v) is 14.7. The average Bonchev–Trinajstić information content (AvgIpc) is 2.95. The zero-order valence-electron chi connectivity index (χ0n) is 14.7. The monoisotopic (exact) mass is 336 g/mol. The Morgan fingerprint density at radius 2 is 1.88 bits per heavy atom. The van der Waals surface area contributed by atoms with Crippen molar-refractivity contribution in [3.8, 4) is 0 Å². The molecule has 0 fully saturated rings. The van der Waals surface area contributed by atoms with Crippen molar-refractivity contribution in [2.24, 2.45) is 0 Å². The minimum atomic E-state index is -0.385. The highest BCUT2D eigenvalue weighted by Crippen LogP contribution is 2.22. The number of rotatable bonds is 6. The maximum atomic E-state index is 12.5. The van der Waals surface area contributed by atoms with E-state index in [2.05, 4.69) is 17.2 Å². The first-order valence-electron chi connectivity index (χ1n) is 8.67. The van der Waals surface area contributed by atoms with Crippen molar-refractivity contribution in [2.45, 2.75) is 32.7 Å². The lowest BCUT2D eigenvalue weighted by Crippen LogP contribution is -2.32. The molecule has 0 spiro atoms. The lowest BCUT2D eigenvalue weighted by molar-refractivity contribution is -0.121. The molecule has 2 aromatic carbocycles. The molecule has 4 nitrogen and oxygen atoms in total. The van der Waals surface area contributed by atoms with Crippen LogP contribution in [0.4, 0.5) is 0 Å². The van der Waals surface area contributed by atoms with Gasteiger partial charge in [0.25, 0.3) is 0 Å². The molecule has 1 aromatic heterocycles. The Morgan fingerprint density at radius 1 is 1.16 bits per heavy atom. The van der Waals surface area contributed by atoms with Gasteiger partial charge in [0, 0.05) is 16.6 Å². The smallest absolute Gasteiger partial charge is 0.225 e. The maximum absolute atomic E-state index is 12.5. The molecule has 1 unspecified atom stereocenters. The summed E-state index contributed by atoms with van der Waals surface area (Å²) in [6, 6.07) is 15.6. The van der Waals surface area contributed by atoms with Crippen LogP contribution in [0.1, 0.15) is 35.3 Å². The number of aliphatic hydroxyl groups is 1. The van der Waals surface area contributed by atoms with Gasteiger partial charge in [-0.25, -0.2) is 0 Å². The Labute approximate surface area is 147 Å². The Bertz CT molecular complexity index is 865. The lowest BCUT2D eigenvalue weighted by Gasteiger charge is -2.17. The number of aromatic amines is 1. The van der Waals surface area contributed by atoms with Gasteiger partial charge in [-0.2, -0.15) is 0 Å². The molecule has 0 radical (unpaired) electrons. The number of nitrogens with one attached hydrogen (secondary N) is 2. The van der Waals surface area contributed by atoms with Gasteiger partial charge in [0.05, 0.1) is 19.1 Å². The van der Waals surface area contributed by atoms with Crippen molar-refractivity contribution in [3.05, 3.63) is 70.9 Å². The second kappa shape index (κ2) is 7.53. The standard InChI is InChI=1S/C21H24N2O2/c1-3-15-8-10-16(11-9-15)20(13-24)23-21(25)12-18-14(2)22-19-7-5-4-6-17(18)19/h4-11,20,22,24H,3,12-13H2,1-2H3,(H,23,25). The van der Waals surface area contributed by atoms with Gasteiger partial charge in [-0.05, 0) is 36.1 Å². The molecule has 0 saturated heterocycles. The van der Waals surface area contributed by atoms with Gasteiger partial charge >= 0.3 is 0 Å². The fraction of sp³-hybridized carbons (Fsp3) is 0.286. The predicted molar refractivity (Wildman–Crippen MR) is 101 cm³/mol. The van der Waals surface area contributed by atoms with Crippen molar-refractivity contribution in [3.63, 3.8) is 0 Å². The molecule has 3 rings (SSSR count). The van der Waals surface area contributed by atoms with E-state index >= 15 is 0 Å². The van der Waals surface area contributed by atoms with Crippen LogP contribution >= 0.6 is 0 Å². The number of benzene rings is 2. The van der Waals surface area contributed by atoms with E-state index in [1.165, 1.54) is 5.56 Å². The predicted octanol–water partition coefficient (Wildman–Crippen LogP) is 3.43. The topological polar surface area (TPSA) is 65.1 Å². The molecule has 4 heteroatoms. The largest absolute Gasteiger partial charge is 0.394 e. The minimum absolute atomic E-state index is 0.0912. The van der Waals surface area contributed by atoms with Crippen molar-refractivity contribution < 1.29 is 9.90 Å². The highest BCUT2D eigenvalue weighted by molar-refractivity contribution is 5.90. The van der Waals surface area contributed by atoms with Gasteiger partial charge in [-0.3, -0.25) is 4.79 Å². The van der Waals surface area contributed by atoms with Crippen LogP contribution < -0.4 is 5.32 Å². The molecule has 1 atom stereocenters. The summed E-state index contributed by atoms with van der Waals surface area (Å²) in [6.45, 7) is 3.96. The summed E-state index contributed by atoms with van der Waals surface area (Å²) < 4.78 is 0. The number of amides is 1. The van der Waals surface area contributed by atoms with E-state index in [4.69, 9.17) is 0 Å². The minimum Gasteiger partial charge on any atom is -0.394 e. The number of hydrogen-bond donors (Lipinski definition) is 3. The number of para-hydroxylation sites is 1. The van der Waals surface area contributed by atoms with Crippen LogP contribution in [0.5, 0.6) is 0 Å². The molecule has 0 aliphatic rings. The Morgan fingerprint density at radius 3 is 2.56 bits per heavy atom. The maximum Gasteiger partial charge on any atom is 0.225 e. The van der Waals surface area contributed by atoms with Crippen LogP contribution in [0.25, 0.3) is 10.9 Å². The average molecular weight is 336 g/mol. The van der Waals surface area contributed by atoms with Crippen LogP contribution in [-0.2, 0) is 17.6 Å². The molecular weight excluding hydrogens is 312 g/mol. The molecular formula is C21H24N2O2. The van der Waals surface area contributed by atoms with E-state index in [1.807, 2.05) is 55.5 Å². The van der Waals surface area contributed by atoms with Crippen LogP contribution in [0.3, 0.4) is 0 Å². The number of aliphatic hydroxyl groups excluding tert-OH is 1. The Balaban J connectivity index is 1.74. The van der Waals surface area contributed by atoms with E-state index in [0.717, 1.165) is 34.1 Å². The van der Waals surface area contributed by atoms with Crippen LogP contribution in [-0.4, -0.2) is 22.6 Å². The lowest BCUT2D eigenvalue weighted by atomic mass is 10.0. The molecule has 130 valence electrons. The van der Waals surface area contributed by atoms with Gasteiger partial charge in [0.2, 0.25) is 5.91 Å². The number of aromatic nitrogens is 1. The fourth-order valence-electron chi connectivity index (χ4n) is 3.19. The van der Waals surface area contributed by atoms with Crippen molar-refractivity contribution in [2.75, 3.05) is 6.61 Å². The molecule has 0 aliphatic carbocycles. The molecule has 3 aromatic rings.